The van der Waals surface area contributed by atoms with Gasteiger partial charge in [-0.3, -0.25) is 9.59 Å². The van der Waals surface area contributed by atoms with Crippen LogP contribution in [0.1, 0.15) is 52.5 Å². The second-order valence-corrected chi connectivity index (χ2v) is 10.5. The number of hydrogen-bond acceptors (Lipinski definition) is 5. The summed E-state index contributed by atoms with van der Waals surface area (Å²) >= 11 is 6.07. The van der Waals surface area contributed by atoms with E-state index in [-0.39, 0.29) is 25.5 Å². The molecule has 1 amide bonds. The number of carbonyl (C=O) groups is 2. The fourth-order valence-electron chi connectivity index (χ4n) is 4.91. The highest BCUT2D eigenvalue weighted by molar-refractivity contribution is 6.30. The number of aryl methyl sites for hydroxylation is 1. The first kappa shape index (κ1) is 29.5. The molecule has 1 fully saturated rings. The Kier molecular flexibility index (Phi) is 8.74. The number of hydrogen-bond donors (Lipinski definition) is 1. The Labute approximate surface area is 244 Å². The molecule has 0 aliphatic carbocycles. The average molecular weight is 598 g/mol. The molecule has 0 bridgehead atoms. The smallest absolute Gasteiger partial charge is 0.416 e. The average Bonchev–Trinajstić information content (AvgIpc) is 2.98. The maximum Gasteiger partial charge on any atom is 0.416 e. The van der Waals surface area contributed by atoms with Gasteiger partial charge in [0.2, 0.25) is 0 Å². The topological polar surface area (TPSA) is 92.6 Å². The molecule has 1 unspecified atom stereocenters. The highest BCUT2D eigenvalue weighted by Gasteiger charge is 2.31. The van der Waals surface area contributed by atoms with Gasteiger partial charge in [-0.1, -0.05) is 35.9 Å². The first-order chi connectivity index (χ1) is 20.1. The summed E-state index contributed by atoms with van der Waals surface area (Å²) in [6.45, 7) is 0.776. The molecule has 0 saturated carbocycles. The molecule has 7 nitrogen and oxygen atoms in total. The Balaban J connectivity index is 1.39. The van der Waals surface area contributed by atoms with Crippen LogP contribution in [-0.4, -0.2) is 51.5 Å². The van der Waals surface area contributed by atoms with E-state index in [2.05, 4.69) is 0 Å². The van der Waals surface area contributed by atoms with Crippen LogP contribution < -0.4 is 0 Å². The number of halogens is 4. The van der Waals surface area contributed by atoms with Gasteiger partial charge in [-0.25, -0.2) is 9.97 Å². The number of aliphatic carboxylic acids is 1. The predicted molar refractivity (Wildman–Crippen MR) is 151 cm³/mol. The van der Waals surface area contributed by atoms with Gasteiger partial charge in [-0.15, -0.1) is 0 Å². The Hall–Kier alpha value is -4.02. The van der Waals surface area contributed by atoms with Gasteiger partial charge in [0.25, 0.3) is 5.91 Å². The number of morpholine rings is 1. The van der Waals surface area contributed by atoms with Gasteiger partial charge in [0, 0.05) is 29.1 Å². The van der Waals surface area contributed by atoms with Crippen molar-refractivity contribution >= 4 is 34.5 Å². The van der Waals surface area contributed by atoms with Crippen LogP contribution in [0.3, 0.4) is 0 Å². The van der Waals surface area contributed by atoms with Crippen molar-refractivity contribution in [3.05, 3.63) is 94.1 Å². The number of ether oxygens (including phenoxy) is 1. The zero-order valence-corrected chi connectivity index (χ0v) is 23.2. The lowest BCUT2D eigenvalue weighted by Crippen LogP contribution is -2.42. The van der Waals surface area contributed by atoms with E-state index in [4.69, 9.17) is 31.4 Å². The molecule has 0 radical (unpaired) electrons. The quantitative estimate of drug-likeness (QED) is 0.220. The molecule has 1 aliphatic heterocycles. The van der Waals surface area contributed by atoms with E-state index >= 15 is 0 Å². The molecule has 1 saturated heterocycles. The van der Waals surface area contributed by atoms with Crippen molar-refractivity contribution in [2.45, 2.75) is 38.0 Å². The third-order valence-corrected chi connectivity index (χ3v) is 7.37. The summed E-state index contributed by atoms with van der Waals surface area (Å²) in [6.07, 6.45) is -3.33. The number of rotatable bonds is 8. The molecule has 2 heterocycles. The van der Waals surface area contributed by atoms with Crippen molar-refractivity contribution < 1.29 is 32.6 Å². The number of alkyl halides is 3. The predicted octanol–water partition coefficient (Wildman–Crippen LogP) is 6.98. The van der Waals surface area contributed by atoms with E-state index in [1.807, 2.05) is 12.1 Å². The first-order valence-electron chi connectivity index (χ1n) is 13.4. The number of benzene rings is 3. The first-order valence-corrected chi connectivity index (χ1v) is 13.8. The molecule has 1 atom stereocenters. The molecule has 218 valence electrons. The molecule has 1 aromatic heterocycles. The highest BCUT2D eigenvalue weighted by atomic mass is 35.5. The van der Waals surface area contributed by atoms with Crippen molar-refractivity contribution in [2.75, 3.05) is 19.7 Å². The van der Waals surface area contributed by atoms with Gasteiger partial charge < -0.3 is 14.7 Å². The molecular formula is C31H27ClF3N3O4. The van der Waals surface area contributed by atoms with Crippen molar-refractivity contribution in [1.82, 2.24) is 14.9 Å². The largest absolute Gasteiger partial charge is 0.481 e. The highest BCUT2D eigenvalue weighted by Crippen LogP contribution is 2.32. The van der Waals surface area contributed by atoms with Gasteiger partial charge in [0.05, 0.1) is 41.1 Å². The second kappa shape index (κ2) is 12.5. The molecular weight excluding hydrogens is 571 g/mol. The Bertz CT molecular complexity index is 1590. The maximum absolute atomic E-state index is 13.5. The molecule has 4 aromatic rings. The number of fused-ring (bicyclic) bond motifs is 1. The third kappa shape index (κ3) is 6.88. The van der Waals surface area contributed by atoms with E-state index < -0.39 is 23.8 Å². The SMILES string of the molecule is O=C(O)CCCCc1nc2cc(C(=O)N3CCOC(c4ccc(C(F)(F)F)cc4)C3)ccc2nc1-c1ccc(Cl)cc1. The van der Waals surface area contributed by atoms with Gasteiger partial charge in [-0.05, 0) is 67.3 Å². The Morgan fingerprint density at radius 1 is 0.976 bits per heavy atom. The number of amides is 1. The van der Waals surface area contributed by atoms with Crippen molar-refractivity contribution in [1.29, 1.82) is 0 Å². The van der Waals surface area contributed by atoms with Crippen LogP contribution in [0.25, 0.3) is 22.3 Å². The van der Waals surface area contributed by atoms with Gasteiger partial charge in [-0.2, -0.15) is 13.2 Å². The number of unbranched alkanes of at least 4 members (excludes halogenated alkanes) is 1. The number of carbonyl (C=O) groups excluding carboxylic acids is 1. The second-order valence-electron chi connectivity index (χ2n) is 10.1. The molecule has 5 rings (SSSR count). The van der Waals surface area contributed by atoms with E-state index in [1.165, 1.54) is 12.1 Å². The monoisotopic (exact) mass is 597 g/mol. The van der Waals surface area contributed by atoms with E-state index in [0.717, 1.165) is 17.7 Å². The summed E-state index contributed by atoms with van der Waals surface area (Å²) in [6, 6.07) is 17.1. The summed E-state index contributed by atoms with van der Waals surface area (Å²) in [4.78, 5) is 35.7. The van der Waals surface area contributed by atoms with Crippen LogP contribution in [-0.2, 0) is 22.1 Å². The van der Waals surface area contributed by atoms with Crippen LogP contribution in [0.5, 0.6) is 0 Å². The normalized spacial score (nSPS) is 15.6. The number of nitrogens with zero attached hydrogens (tertiary/aromatic N) is 3. The number of carboxylic acids is 1. The lowest BCUT2D eigenvalue weighted by molar-refractivity contribution is -0.138. The molecule has 11 heteroatoms. The zero-order valence-electron chi connectivity index (χ0n) is 22.4. The number of carboxylic acid groups (broad SMARTS) is 1. The van der Waals surface area contributed by atoms with Gasteiger partial charge in [0.15, 0.2) is 0 Å². The lowest BCUT2D eigenvalue weighted by Gasteiger charge is -2.33. The Morgan fingerprint density at radius 3 is 2.40 bits per heavy atom. The van der Waals surface area contributed by atoms with E-state index in [1.54, 1.807) is 35.2 Å². The zero-order chi connectivity index (χ0) is 29.9. The summed E-state index contributed by atoms with van der Waals surface area (Å²) in [5.74, 6) is -1.10. The standard InChI is InChI=1S/C31H27ClF3N3O4/c32-23-12-7-20(8-13-23)29-25(3-1-2-4-28(39)40)36-26-17-21(9-14-24(26)37-29)30(41)38-15-16-42-27(18-38)19-5-10-22(11-6-19)31(33,34)35/h5-14,17,27H,1-4,15-16,18H2,(H,39,40). The maximum atomic E-state index is 13.5. The molecule has 1 N–H and O–H groups in total. The summed E-state index contributed by atoms with van der Waals surface area (Å²) in [5.41, 5.74) is 3.52. The van der Waals surface area contributed by atoms with E-state index in [0.29, 0.717) is 64.4 Å². The van der Waals surface area contributed by atoms with Crippen LogP contribution in [0.15, 0.2) is 66.7 Å². The van der Waals surface area contributed by atoms with Crippen molar-refractivity contribution in [3.8, 4) is 11.3 Å². The minimum Gasteiger partial charge on any atom is -0.481 e. The van der Waals surface area contributed by atoms with Crippen molar-refractivity contribution in [3.63, 3.8) is 0 Å². The lowest BCUT2D eigenvalue weighted by atomic mass is 10.0. The molecule has 42 heavy (non-hydrogen) atoms. The summed E-state index contributed by atoms with van der Waals surface area (Å²) in [5, 5.41) is 9.58. The minimum atomic E-state index is -4.43. The molecule has 1 aliphatic rings. The number of aromatic nitrogens is 2. The Morgan fingerprint density at radius 2 is 1.71 bits per heavy atom. The van der Waals surface area contributed by atoms with Crippen LogP contribution >= 0.6 is 11.6 Å². The molecule has 0 spiro atoms. The third-order valence-electron chi connectivity index (χ3n) is 7.12. The van der Waals surface area contributed by atoms with Crippen LogP contribution in [0.4, 0.5) is 13.2 Å². The fourth-order valence-corrected chi connectivity index (χ4v) is 5.04. The minimum absolute atomic E-state index is 0.0585. The van der Waals surface area contributed by atoms with Crippen LogP contribution in [0.2, 0.25) is 5.02 Å². The van der Waals surface area contributed by atoms with Crippen molar-refractivity contribution in [2.24, 2.45) is 0 Å². The van der Waals surface area contributed by atoms with E-state index in [9.17, 15) is 22.8 Å². The summed E-state index contributed by atoms with van der Waals surface area (Å²) in [7, 11) is 0. The van der Waals surface area contributed by atoms with Gasteiger partial charge in [0.1, 0.15) is 6.10 Å². The molecule has 3 aromatic carbocycles. The van der Waals surface area contributed by atoms with Crippen LogP contribution in [0, 0.1) is 0 Å². The van der Waals surface area contributed by atoms with Gasteiger partial charge >= 0.3 is 12.1 Å². The fraction of sp³-hybridized carbons (Fsp3) is 0.290. The summed E-state index contributed by atoms with van der Waals surface area (Å²) < 4.78 is 44.7.